The van der Waals surface area contributed by atoms with E-state index in [4.69, 9.17) is 17.2 Å². The first-order valence-corrected chi connectivity index (χ1v) is 11.9. The molecule has 3 amide bonds. The van der Waals surface area contributed by atoms with Crippen LogP contribution in [0.3, 0.4) is 0 Å². The monoisotopic (exact) mass is 491 g/mol. The molecule has 33 heavy (non-hydrogen) atoms. The van der Waals surface area contributed by atoms with Gasteiger partial charge in [0, 0.05) is 6.54 Å². The van der Waals surface area contributed by atoms with Crippen LogP contribution >= 0.6 is 11.8 Å². The Bertz CT molecular complexity index is 688. The van der Waals surface area contributed by atoms with Crippen LogP contribution in [0.4, 0.5) is 0 Å². The minimum atomic E-state index is -1.41. The predicted octanol–water partition coefficient (Wildman–Crippen LogP) is -2.69. The maximum absolute atomic E-state index is 12.7. The molecule has 4 unspecified atom stereocenters. The predicted molar refractivity (Wildman–Crippen MR) is 126 cm³/mol. The molecule has 0 aromatic carbocycles. The van der Waals surface area contributed by atoms with Gasteiger partial charge < -0.3 is 43.4 Å². The molecule has 0 rings (SSSR count). The highest BCUT2D eigenvalue weighted by atomic mass is 32.2. The van der Waals surface area contributed by atoms with Crippen molar-refractivity contribution in [3.05, 3.63) is 0 Å². The van der Waals surface area contributed by atoms with Gasteiger partial charge in [-0.3, -0.25) is 19.4 Å². The van der Waals surface area contributed by atoms with E-state index in [9.17, 15) is 29.4 Å². The first-order chi connectivity index (χ1) is 15.4. The van der Waals surface area contributed by atoms with Gasteiger partial charge in [0.15, 0.2) is 5.96 Å². The number of hydrogen-bond acceptors (Lipinski definition) is 8. The second kappa shape index (κ2) is 16.1. The third-order valence-electron chi connectivity index (χ3n) is 4.64. The Balaban J connectivity index is 5.15. The van der Waals surface area contributed by atoms with Crippen LogP contribution in [-0.2, 0) is 19.2 Å². The molecule has 4 atom stereocenters. The number of nitrogens with two attached hydrogens (primary N) is 3. The molecule has 0 aliphatic carbocycles. The molecule has 0 bridgehead atoms. The minimum Gasteiger partial charge on any atom is -0.480 e. The van der Waals surface area contributed by atoms with Crippen molar-refractivity contribution >= 4 is 41.4 Å². The largest absolute Gasteiger partial charge is 0.480 e. The van der Waals surface area contributed by atoms with Crippen LogP contribution in [0.1, 0.15) is 33.1 Å². The number of guanidine groups is 1. The van der Waals surface area contributed by atoms with Crippen LogP contribution in [-0.4, -0.2) is 89.2 Å². The maximum atomic E-state index is 12.7. The zero-order valence-corrected chi connectivity index (χ0v) is 20.1. The van der Waals surface area contributed by atoms with Gasteiger partial charge in [-0.15, -0.1) is 0 Å². The average molecular weight is 492 g/mol. The molecular weight excluding hydrogens is 454 g/mol. The Hall–Kier alpha value is -2.58. The number of rotatable bonds is 16. The van der Waals surface area contributed by atoms with E-state index in [1.165, 1.54) is 11.8 Å². The van der Waals surface area contributed by atoms with Crippen molar-refractivity contribution in [1.82, 2.24) is 16.0 Å². The third kappa shape index (κ3) is 12.3. The molecule has 0 saturated heterocycles. The van der Waals surface area contributed by atoms with Crippen molar-refractivity contribution < 1.29 is 29.4 Å². The number of thioether (sulfide) groups is 1. The van der Waals surface area contributed by atoms with Crippen molar-refractivity contribution in [3.8, 4) is 0 Å². The smallest absolute Gasteiger partial charge is 0.326 e. The number of aliphatic hydroxyl groups is 1. The van der Waals surface area contributed by atoms with Crippen LogP contribution in [0, 0.1) is 5.92 Å². The van der Waals surface area contributed by atoms with Crippen molar-refractivity contribution in [2.45, 2.75) is 57.3 Å². The molecule has 14 heteroatoms. The fourth-order valence-electron chi connectivity index (χ4n) is 2.57. The van der Waals surface area contributed by atoms with Gasteiger partial charge in [0.05, 0.1) is 12.6 Å². The molecule has 13 nitrogen and oxygen atoms in total. The van der Waals surface area contributed by atoms with E-state index in [0.717, 1.165) is 0 Å². The summed E-state index contributed by atoms with van der Waals surface area (Å²) in [5, 5.41) is 26.1. The van der Waals surface area contributed by atoms with Crippen molar-refractivity contribution in [2.24, 2.45) is 28.1 Å². The lowest BCUT2D eigenvalue weighted by atomic mass is 10.0. The van der Waals surface area contributed by atoms with E-state index in [0.29, 0.717) is 5.75 Å². The lowest BCUT2D eigenvalue weighted by Crippen LogP contribution is -2.58. The molecule has 0 aromatic heterocycles. The molecule has 11 N–H and O–H groups in total. The van der Waals surface area contributed by atoms with Crippen molar-refractivity contribution in [1.29, 1.82) is 0 Å². The summed E-state index contributed by atoms with van der Waals surface area (Å²) >= 11 is 1.46. The van der Waals surface area contributed by atoms with Crippen LogP contribution < -0.4 is 33.2 Å². The Labute approximate surface area is 197 Å². The Morgan fingerprint density at radius 2 is 1.48 bits per heavy atom. The summed E-state index contributed by atoms with van der Waals surface area (Å²) in [6.45, 7) is 2.94. The summed E-state index contributed by atoms with van der Waals surface area (Å²) in [4.78, 5) is 52.7. The number of carboxylic acid groups (broad SMARTS) is 1. The number of aliphatic imine (C=N–C) groups is 1. The van der Waals surface area contributed by atoms with E-state index in [1.807, 2.05) is 6.26 Å². The summed E-state index contributed by atoms with van der Waals surface area (Å²) in [7, 11) is 0. The number of hydrogen-bond donors (Lipinski definition) is 8. The number of carboxylic acids is 1. The van der Waals surface area contributed by atoms with Gasteiger partial charge >= 0.3 is 5.97 Å². The molecule has 0 spiro atoms. The zero-order valence-electron chi connectivity index (χ0n) is 19.2. The molecule has 0 saturated carbocycles. The SMILES string of the molecule is CSCCC(NC(=O)C(N)C(C)C)C(=O)NC(CO)C(=O)NC(CCCN=C(N)N)C(=O)O. The zero-order chi connectivity index (χ0) is 25.6. The number of nitrogens with one attached hydrogen (secondary N) is 3. The van der Waals surface area contributed by atoms with Gasteiger partial charge in [0.1, 0.15) is 18.1 Å². The van der Waals surface area contributed by atoms with E-state index in [2.05, 4.69) is 20.9 Å². The Kier molecular flexibility index (Phi) is 14.8. The summed E-state index contributed by atoms with van der Waals surface area (Å²) in [6, 6.07) is -4.48. The van der Waals surface area contributed by atoms with E-state index < -0.39 is 54.5 Å². The lowest BCUT2D eigenvalue weighted by molar-refractivity contribution is -0.142. The first-order valence-electron chi connectivity index (χ1n) is 10.5. The molecule has 0 aliphatic heterocycles. The lowest BCUT2D eigenvalue weighted by Gasteiger charge is -2.25. The van der Waals surface area contributed by atoms with Crippen LogP contribution in [0.15, 0.2) is 4.99 Å². The minimum absolute atomic E-state index is 0.0312. The number of amides is 3. The number of carbonyl (C=O) groups excluding carboxylic acids is 3. The quantitative estimate of drug-likeness (QED) is 0.0632. The summed E-state index contributed by atoms with van der Waals surface area (Å²) < 4.78 is 0. The van der Waals surface area contributed by atoms with Gasteiger partial charge in [-0.1, -0.05) is 13.8 Å². The summed E-state index contributed by atoms with van der Waals surface area (Å²) in [5.74, 6) is -3.11. The summed E-state index contributed by atoms with van der Waals surface area (Å²) in [5.41, 5.74) is 16.3. The van der Waals surface area contributed by atoms with E-state index in [1.54, 1.807) is 13.8 Å². The first kappa shape index (κ1) is 30.4. The maximum Gasteiger partial charge on any atom is 0.326 e. The van der Waals surface area contributed by atoms with Gasteiger partial charge in [-0.25, -0.2) is 4.79 Å². The average Bonchev–Trinajstić information content (AvgIpc) is 2.75. The van der Waals surface area contributed by atoms with Crippen LogP contribution in [0.25, 0.3) is 0 Å². The molecule has 0 heterocycles. The normalized spacial score (nSPS) is 14.5. The Morgan fingerprint density at radius 1 is 0.939 bits per heavy atom. The fourth-order valence-corrected chi connectivity index (χ4v) is 3.05. The fraction of sp³-hybridized carbons (Fsp3) is 0.737. The van der Waals surface area contributed by atoms with Gasteiger partial charge in [-0.05, 0) is 37.2 Å². The molecule has 0 aliphatic rings. The van der Waals surface area contributed by atoms with Gasteiger partial charge in [0.25, 0.3) is 0 Å². The highest BCUT2D eigenvalue weighted by molar-refractivity contribution is 7.98. The standard InChI is InChI=1S/C19H37N7O6S/c1-10(2)14(20)17(30)24-11(6-8-33-3)15(28)26-13(9-27)16(29)25-12(18(31)32)5-4-7-23-19(21)22/h10-14,27H,4-9,20H2,1-3H3,(H,24,30)(H,25,29)(H,26,28)(H,31,32)(H4,21,22,23). The second-order valence-electron chi connectivity index (χ2n) is 7.70. The molecular formula is C19H37N7O6S. The number of nitrogens with zero attached hydrogens (tertiary/aromatic N) is 1. The van der Waals surface area contributed by atoms with E-state index in [-0.39, 0.29) is 37.7 Å². The van der Waals surface area contributed by atoms with E-state index >= 15 is 0 Å². The summed E-state index contributed by atoms with van der Waals surface area (Å²) in [6.07, 6.45) is 2.42. The molecule has 0 radical (unpaired) electrons. The molecule has 190 valence electrons. The van der Waals surface area contributed by atoms with Gasteiger partial charge in [-0.2, -0.15) is 11.8 Å². The third-order valence-corrected chi connectivity index (χ3v) is 5.28. The van der Waals surface area contributed by atoms with Crippen molar-refractivity contribution in [2.75, 3.05) is 25.2 Å². The topological polar surface area (TPSA) is 235 Å². The highest BCUT2D eigenvalue weighted by Crippen LogP contribution is 2.05. The number of carbonyl (C=O) groups is 4. The highest BCUT2D eigenvalue weighted by Gasteiger charge is 2.30. The van der Waals surface area contributed by atoms with Crippen LogP contribution in [0.2, 0.25) is 0 Å². The van der Waals surface area contributed by atoms with Crippen LogP contribution in [0.5, 0.6) is 0 Å². The van der Waals surface area contributed by atoms with Crippen molar-refractivity contribution in [3.63, 3.8) is 0 Å². The van der Waals surface area contributed by atoms with Gasteiger partial charge in [0.2, 0.25) is 17.7 Å². The molecule has 0 aromatic rings. The second-order valence-corrected chi connectivity index (χ2v) is 8.69. The Morgan fingerprint density at radius 3 is 1.97 bits per heavy atom. The number of aliphatic hydroxyl groups excluding tert-OH is 1. The molecule has 0 fully saturated rings. The number of aliphatic carboxylic acids is 1.